The van der Waals surface area contributed by atoms with Gasteiger partial charge in [0.15, 0.2) is 11.6 Å². The number of rotatable bonds is 7. The van der Waals surface area contributed by atoms with Crippen LogP contribution >= 0.6 is 0 Å². The molecule has 3 rings (SSSR count). The van der Waals surface area contributed by atoms with Crippen LogP contribution in [0, 0.1) is 11.6 Å². The van der Waals surface area contributed by atoms with Crippen LogP contribution in [0.5, 0.6) is 5.75 Å². The standard InChI is InChI=1S/C20H20F2N4O2/c1-26-12-10-23-19(26)18(14-6-2-3-7-15(14)21)25-20(27)24-11-13-28-17-9-5-4-8-16(17)22/h2-10,12,18H,11,13H2,1H3,(H2,24,25,27)/t18-/m0/s1. The lowest BCUT2D eigenvalue weighted by Gasteiger charge is -2.20. The summed E-state index contributed by atoms with van der Waals surface area (Å²) in [7, 11) is 1.76. The molecule has 28 heavy (non-hydrogen) atoms. The number of hydrogen-bond acceptors (Lipinski definition) is 3. The molecule has 1 heterocycles. The van der Waals surface area contributed by atoms with Gasteiger partial charge in [-0.1, -0.05) is 30.3 Å². The Kier molecular flexibility index (Phi) is 6.21. The summed E-state index contributed by atoms with van der Waals surface area (Å²) in [6, 6.07) is 10.9. The van der Waals surface area contributed by atoms with E-state index >= 15 is 0 Å². The molecular weight excluding hydrogens is 366 g/mol. The number of amides is 2. The van der Waals surface area contributed by atoms with Gasteiger partial charge in [0.05, 0.1) is 6.54 Å². The van der Waals surface area contributed by atoms with Gasteiger partial charge in [-0.05, 0) is 18.2 Å². The summed E-state index contributed by atoms with van der Waals surface area (Å²) in [4.78, 5) is 16.5. The van der Waals surface area contributed by atoms with Crippen molar-refractivity contribution in [3.05, 3.63) is 83.9 Å². The molecule has 0 aliphatic heterocycles. The van der Waals surface area contributed by atoms with Crippen LogP contribution in [0.15, 0.2) is 60.9 Å². The molecule has 0 aliphatic rings. The number of benzene rings is 2. The van der Waals surface area contributed by atoms with Crippen molar-refractivity contribution in [3.8, 4) is 5.75 Å². The Labute approximate surface area is 161 Å². The topological polar surface area (TPSA) is 68.2 Å². The Morgan fingerprint density at radius 1 is 1.14 bits per heavy atom. The minimum absolute atomic E-state index is 0.0844. The minimum Gasteiger partial charge on any atom is -0.489 e. The zero-order valence-electron chi connectivity index (χ0n) is 15.2. The van der Waals surface area contributed by atoms with Gasteiger partial charge in [-0.15, -0.1) is 0 Å². The zero-order chi connectivity index (χ0) is 19.9. The number of imidazole rings is 1. The first-order chi connectivity index (χ1) is 13.6. The van der Waals surface area contributed by atoms with Gasteiger partial charge in [-0.3, -0.25) is 0 Å². The van der Waals surface area contributed by atoms with Gasteiger partial charge in [0.2, 0.25) is 0 Å². The highest BCUT2D eigenvalue weighted by Crippen LogP contribution is 2.23. The lowest BCUT2D eigenvalue weighted by molar-refractivity contribution is 0.233. The molecule has 3 aromatic rings. The van der Waals surface area contributed by atoms with Crippen LogP contribution in [0.1, 0.15) is 17.4 Å². The van der Waals surface area contributed by atoms with Gasteiger partial charge in [0.25, 0.3) is 0 Å². The van der Waals surface area contributed by atoms with Crippen LogP contribution < -0.4 is 15.4 Å². The second-order valence-electron chi connectivity index (χ2n) is 6.03. The molecule has 1 atom stereocenters. The summed E-state index contributed by atoms with van der Waals surface area (Å²) in [6.07, 6.45) is 3.29. The van der Waals surface area contributed by atoms with E-state index in [1.165, 1.54) is 18.2 Å². The minimum atomic E-state index is -0.770. The summed E-state index contributed by atoms with van der Waals surface area (Å²) in [6.45, 7) is 0.228. The maximum atomic E-state index is 14.3. The molecular formula is C20H20F2N4O2. The highest BCUT2D eigenvalue weighted by molar-refractivity contribution is 5.74. The molecule has 0 fully saturated rings. The van der Waals surface area contributed by atoms with Crippen LogP contribution in [-0.4, -0.2) is 28.7 Å². The summed E-state index contributed by atoms with van der Waals surface area (Å²) in [5.74, 6) is -0.315. The zero-order valence-corrected chi connectivity index (χ0v) is 15.2. The Morgan fingerprint density at radius 2 is 1.86 bits per heavy atom. The maximum Gasteiger partial charge on any atom is 0.315 e. The number of hydrogen-bond donors (Lipinski definition) is 2. The molecule has 0 saturated carbocycles. The predicted molar refractivity (Wildman–Crippen MR) is 99.9 cm³/mol. The molecule has 0 saturated heterocycles. The number of para-hydroxylation sites is 1. The number of urea groups is 1. The van der Waals surface area contributed by atoms with E-state index in [4.69, 9.17) is 4.74 Å². The summed E-state index contributed by atoms with van der Waals surface area (Å²) in [5, 5.41) is 5.34. The van der Waals surface area contributed by atoms with E-state index in [1.54, 1.807) is 54.3 Å². The number of aromatic nitrogens is 2. The van der Waals surface area contributed by atoms with Crippen LogP contribution in [0.4, 0.5) is 13.6 Å². The van der Waals surface area contributed by atoms with Crippen LogP contribution in [0.3, 0.4) is 0 Å². The highest BCUT2D eigenvalue weighted by Gasteiger charge is 2.23. The molecule has 2 amide bonds. The average Bonchev–Trinajstić information content (AvgIpc) is 3.11. The predicted octanol–water partition coefficient (Wildman–Crippen LogP) is 3.17. The number of carbonyl (C=O) groups excluding carboxylic acids is 1. The monoisotopic (exact) mass is 386 g/mol. The van der Waals surface area contributed by atoms with E-state index in [0.29, 0.717) is 11.4 Å². The molecule has 0 aliphatic carbocycles. The average molecular weight is 386 g/mol. The quantitative estimate of drug-likeness (QED) is 0.613. The molecule has 6 nitrogen and oxygen atoms in total. The number of halogens is 2. The smallest absolute Gasteiger partial charge is 0.315 e. The first-order valence-electron chi connectivity index (χ1n) is 8.69. The first kappa shape index (κ1) is 19.3. The van der Waals surface area contributed by atoms with E-state index in [9.17, 15) is 13.6 Å². The normalized spacial score (nSPS) is 11.7. The van der Waals surface area contributed by atoms with Crippen molar-refractivity contribution in [3.63, 3.8) is 0 Å². The van der Waals surface area contributed by atoms with Gasteiger partial charge in [0.1, 0.15) is 24.3 Å². The third kappa shape index (κ3) is 4.64. The lowest BCUT2D eigenvalue weighted by atomic mass is 10.1. The highest BCUT2D eigenvalue weighted by atomic mass is 19.1. The molecule has 146 valence electrons. The second-order valence-corrected chi connectivity index (χ2v) is 6.03. The van der Waals surface area contributed by atoms with Crippen molar-refractivity contribution in [2.24, 2.45) is 7.05 Å². The Morgan fingerprint density at radius 3 is 2.54 bits per heavy atom. The lowest BCUT2D eigenvalue weighted by Crippen LogP contribution is -2.41. The summed E-state index contributed by atoms with van der Waals surface area (Å²) < 4.78 is 34.8. The van der Waals surface area contributed by atoms with E-state index in [0.717, 1.165) is 0 Å². The molecule has 2 aromatic carbocycles. The number of carbonyl (C=O) groups is 1. The Bertz CT molecular complexity index is 945. The fourth-order valence-corrected chi connectivity index (χ4v) is 2.72. The SMILES string of the molecule is Cn1ccnc1[C@@H](NC(=O)NCCOc1ccccc1F)c1ccccc1F. The molecule has 0 unspecified atom stereocenters. The molecule has 0 spiro atoms. The van der Waals surface area contributed by atoms with Crippen molar-refractivity contribution in [2.75, 3.05) is 13.2 Å². The Balaban J connectivity index is 1.61. The van der Waals surface area contributed by atoms with Crippen molar-refractivity contribution < 1.29 is 18.3 Å². The van der Waals surface area contributed by atoms with Gasteiger partial charge in [-0.25, -0.2) is 18.6 Å². The number of aryl methyl sites for hydroxylation is 1. The van der Waals surface area contributed by atoms with Gasteiger partial charge in [-0.2, -0.15) is 0 Å². The summed E-state index contributed by atoms with van der Waals surface area (Å²) >= 11 is 0. The van der Waals surface area contributed by atoms with Gasteiger partial charge in [0, 0.05) is 25.0 Å². The van der Waals surface area contributed by atoms with E-state index in [1.807, 2.05) is 0 Å². The number of nitrogens with zero attached hydrogens (tertiary/aromatic N) is 2. The van der Waals surface area contributed by atoms with E-state index in [2.05, 4.69) is 15.6 Å². The second kappa shape index (κ2) is 8.98. The van der Waals surface area contributed by atoms with Crippen LogP contribution in [0.25, 0.3) is 0 Å². The summed E-state index contributed by atoms with van der Waals surface area (Å²) in [5.41, 5.74) is 0.301. The number of nitrogens with one attached hydrogen (secondary N) is 2. The third-order valence-electron chi connectivity index (χ3n) is 4.09. The molecule has 0 bridgehead atoms. The van der Waals surface area contributed by atoms with E-state index < -0.39 is 23.7 Å². The molecule has 2 N–H and O–H groups in total. The maximum absolute atomic E-state index is 14.3. The fraction of sp³-hybridized carbons (Fsp3) is 0.200. The van der Waals surface area contributed by atoms with Crippen LogP contribution in [-0.2, 0) is 7.05 Å². The van der Waals surface area contributed by atoms with E-state index in [-0.39, 0.29) is 18.9 Å². The first-order valence-corrected chi connectivity index (χ1v) is 8.69. The molecule has 1 aromatic heterocycles. The van der Waals surface area contributed by atoms with Crippen LogP contribution in [0.2, 0.25) is 0 Å². The van der Waals surface area contributed by atoms with Gasteiger partial charge >= 0.3 is 6.03 Å². The molecule has 8 heteroatoms. The van der Waals surface area contributed by atoms with Crippen molar-refractivity contribution in [1.29, 1.82) is 0 Å². The van der Waals surface area contributed by atoms with Crippen molar-refractivity contribution >= 4 is 6.03 Å². The largest absolute Gasteiger partial charge is 0.489 e. The fourth-order valence-electron chi connectivity index (χ4n) is 2.72. The number of ether oxygens (including phenoxy) is 1. The van der Waals surface area contributed by atoms with Gasteiger partial charge < -0.3 is 19.9 Å². The third-order valence-corrected chi connectivity index (χ3v) is 4.09. The Hall–Kier alpha value is -3.42. The molecule has 0 radical (unpaired) electrons. The van der Waals surface area contributed by atoms with Crippen molar-refractivity contribution in [1.82, 2.24) is 20.2 Å². The van der Waals surface area contributed by atoms with Crippen molar-refractivity contribution in [2.45, 2.75) is 6.04 Å².